The van der Waals surface area contributed by atoms with Gasteiger partial charge in [0.15, 0.2) is 0 Å². The third-order valence-corrected chi connectivity index (χ3v) is 1.75. The van der Waals surface area contributed by atoms with E-state index in [1.54, 1.807) is 0 Å². The van der Waals surface area contributed by atoms with Crippen molar-refractivity contribution in [1.29, 1.82) is 0 Å². The Labute approximate surface area is 92.9 Å². The number of hydrogen-bond acceptors (Lipinski definition) is 3. The van der Waals surface area contributed by atoms with Crippen LogP contribution in [0.25, 0.3) is 0 Å². The molecule has 0 saturated heterocycles. The van der Waals surface area contributed by atoms with Crippen molar-refractivity contribution < 1.29 is 19.5 Å². The fourth-order valence-electron chi connectivity index (χ4n) is 0.937. The predicted molar refractivity (Wildman–Crippen MR) is 56.6 cm³/mol. The molecule has 1 atom stereocenters. The average Bonchev–Trinajstić information content (AvgIpc) is 2.16. The molecule has 0 unspecified atom stereocenters. The number of amides is 3. The van der Waals surface area contributed by atoms with Gasteiger partial charge in [-0.25, -0.2) is 9.59 Å². The number of carboxylic acids is 1. The van der Waals surface area contributed by atoms with Gasteiger partial charge in [0.05, 0.1) is 6.42 Å². The molecule has 0 aromatic carbocycles. The molecule has 0 aliphatic rings. The summed E-state index contributed by atoms with van der Waals surface area (Å²) >= 11 is 0. The summed E-state index contributed by atoms with van der Waals surface area (Å²) in [6, 6.07) is -1.91. The first-order chi connectivity index (χ1) is 7.38. The van der Waals surface area contributed by atoms with E-state index < -0.39 is 30.4 Å². The van der Waals surface area contributed by atoms with E-state index in [4.69, 9.17) is 10.8 Å². The predicted octanol–water partition coefficient (Wildman–Crippen LogP) is -0.858. The van der Waals surface area contributed by atoms with Crippen LogP contribution in [0, 0.1) is 0 Å². The minimum Gasteiger partial charge on any atom is -0.480 e. The van der Waals surface area contributed by atoms with Crippen LogP contribution in [-0.2, 0) is 9.59 Å². The van der Waals surface area contributed by atoms with Crippen LogP contribution in [0.3, 0.4) is 0 Å². The maximum absolute atomic E-state index is 11.4. The fraction of sp³-hybridized carbons (Fsp3) is 0.444. The molecule has 0 radical (unpaired) electrons. The van der Waals surface area contributed by atoms with E-state index in [0.717, 1.165) is 0 Å². The number of nitrogens with one attached hydrogen (secondary N) is 1. The van der Waals surface area contributed by atoms with Crippen molar-refractivity contribution in [3.05, 3.63) is 12.7 Å². The van der Waals surface area contributed by atoms with Crippen molar-refractivity contribution in [2.45, 2.75) is 12.5 Å². The molecule has 0 heterocycles. The number of primary amides is 1. The van der Waals surface area contributed by atoms with Gasteiger partial charge in [-0.05, 0) is 0 Å². The van der Waals surface area contributed by atoms with Crippen LogP contribution in [0.1, 0.15) is 6.42 Å². The number of aliphatic carboxylic acids is 1. The van der Waals surface area contributed by atoms with Gasteiger partial charge in [-0.3, -0.25) is 4.79 Å². The van der Waals surface area contributed by atoms with E-state index in [9.17, 15) is 14.4 Å². The zero-order valence-corrected chi connectivity index (χ0v) is 8.97. The molecule has 7 nitrogen and oxygen atoms in total. The second-order valence-electron chi connectivity index (χ2n) is 3.18. The Balaban J connectivity index is 4.39. The van der Waals surface area contributed by atoms with Crippen molar-refractivity contribution in [3.63, 3.8) is 0 Å². The summed E-state index contributed by atoms with van der Waals surface area (Å²) in [6.45, 7) is 3.71. The number of nitrogens with two attached hydrogens (primary N) is 1. The smallest absolute Gasteiger partial charge is 0.326 e. The molecule has 90 valence electrons. The van der Waals surface area contributed by atoms with E-state index in [2.05, 4.69) is 11.9 Å². The standard InChI is InChI=1S/C9H15N3O4/c1-3-4-12(2)9(16)11-6(8(14)15)5-7(10)13/h3,6H,1,4-5H2,2H3,(H2,10,13)(H,11,16)(H,14,15)/t6-/m0/s1. The molecule has 0 aliphatic heterocycles. The SMILES string of the molecule is C=CCN(C)C(=O)N[C@@H](CC(N)=O)C(=O)O. The quantitative estimate of drug-likeness (QED) is 0.514. The lowest BCUT2D eigenvalue weighted by Crippen LogP contribution is -2.48. The Bertz CT molecular complexity index is 303. The number of carbonyl (C=O) groups excluding carboxylic acids is 2. The molecule has 0 aromatic rings. The van der Waals surface area contributed by atoms with Gasteiger partial charge in [-0.1, -0.05) is 6.08 Å². The Kier molecular flexibility index (Phi) is 5.61. The van der Waals surface area contributed by atoms with Crippen LogP contribution < -0.4 is 11.1 Å². The lowest BCUT2D eigenvalue weighted by Gasteiger charge is -2.19. The van der Waals surface area contributed by atoms with Crippen LogP contribution in [0.4, 0.5) is 4.79 Å². The second-order valence-corrected chi connectivity index (χ2v) is 3.18. The molecule has 0 aliphatic carbocycles. The molecular formula is C9H15N3O4. The minimum absolute atomic E-state index is 0.273. The highest BCUT2D eigenvalue weighted by atomic mass is 16.4. The molecule has 0 aromatic heterocycles. The Hall–Kier alpha value is -2.05. The lowest BCUT2D eigenvalue weighted by atomic mass is 10.2. The largest absolute Gasteiger partial charge is 0.480 e. The Morgan fingerprint density at radius 3 is 2.50 bits per heavy atom. The van der Waals surface area contributed by atoms with E-state index in [-0.39, 0.29) is 6.54 Å². The number of carbonyl (C=O) groups is 3. The topological polar surface area (TPSA) is 113 Å². The number of urea groups is 1. The van der Waals surface area contributed by atoms with Crippen LogP contribution in [0.2, 0.25) is 0 Å². The molecule has 0 fully saturated rings. The Morgan fingerprint density at radius 1 is 1.56 bits per heavy atom. The molecule has 0 saturated carbocycles. The van der Waals surface area contributed by atoms with Crippen molar-refractivity contribution in [1.82, 2.24) is 10.2 Å². The lowest BCUT2D eigenvalue weighted by molar-refractivity contribution is -0.140. The van der Waals surface area contributed by atoms with Crippen LogP contribution in [-0.4, -0.2) is 47.5 Å². The minimum atomic E-state index is -1.31. The molecule has 0 bridgehead atoms. The summed E-state index contributed by atoms with van der Waals surface area (Å²) in [5.74, 6) is -2.10. The van der Waals surface area contributed by atoms with E-state index in [1.807, 2.05) is 0 Å². The number of likely N-dealkylation sites (N-methyl/N-ethyl adjacent to an activating group) is 1. The molecular weight excluding hydrogens is 214 g/mol. The van der Waals surface area contributed by atoms with Crippen LogP contribution in [0.15, 0.2) is 12.7 Å². The van der Waals surface area contributed by atoms with Crippen LogP contribution in [0.5, 0.6) is 0 Å². The summed E-state index contributed by atoms with van der Waals surface area (Å²) in [4.78, 5) is 33.9. The second kappa shape index (κ2) is 6.44. The van der Waals surface area contributed by atoms with Gasteiger partial charge < -0.3 is 21.1 Å². The zero-order valence-electron chi connectivity index (χ0n) is 8.97. The average molecular weight is 229 g/mol. The molecule has 3 amide bonds. The molecule has 7 heteroatoms. The number of nitrogens with zero attached hydrogens (tertiary/aromatic N) is 1. The normalized spacial score (nSPS) is 11.3. The summed E-state index contributed by atoms with van der Waals surface area (Å²) in [5.41, 5.74) is 4.86. The molecule has 0 spiro atoms. The number of carboxylic acid groups (broad SMARTS) is 1. The van der Waals surface area contributed by atoms with Gasteiger partial charge in [-0.15, -0.1) is 6.58 Å². The summed E-state index contributed by atoms with van der Waals surface area (Å²) in [6.07, 6.45) is 1.05. The third kappa shape index (κ3) is 4.99. The monoisotopic (exact) mass is 229 g/mol. The summed E-state index contributed by atoms with van der Waals surface area (Å²) in [7, 11) is 1.47. The van der Waals surface area contributed by atoms with Crippen molar-refractivity contribution in [2.75, 3.05) is 13.6 Å². The maximum atomic E-state index is 11.4. The van der Waals surface area contributed by atoms with Crippen molar-refractivity contribution in [3.8, 4) is 0 Å². The van der Waals surface area contributed by atoms with Crippen molar-refractivity contribution in [2.24, 2.45) is 5.73 Å². The molecule has 4 N–H and O–H groups in total. The van der Waals surface area contributed by atoms with Crippen LogP contribution >= 0.6 is 0 Å². The Morgan fingerprint density at radius 2 is 2.12 bits per heavy atom. The third-order valence-electron chi connectivity index (χ3n) is 1.75. The first-order valence-electron chi connectivity index (χ1n) is 4.52. The molecule has 0 rings (SSSR count). The fourth-order valence-corrected chi connectivity index (χ4v) is 0.937. The van der Waals surface area contributed by atoms with E-state index >= 15 is 0 Å². The van der Waals surface area contributed by atoms with E-state index in [1.165, 1.54) is 18.0 Å². The number of hydrogen-bond donors (Lipinski definition) is 3. The zero-order chi connectivity index (χ0) is 12.7. The van der Waals surface area contributed by atoms with Gasteiger partial charge in [0.2, 0.25) is 5.91 Å². The first kappa shape index (κ1) is 13.9. The van der Waals surface area contributed by atoms with Gasteiger partial charge in [0.1, 0.15) is 6.04 Å². The first-order valence-corrected chi connectivity index (χ1v) is 4.52. The summed E-state index contributed by atoms with van der Waals surface area (Å²) < 4.78 is 0. The van der Waals surface area contributed by atoms with Gasteiger partial charge in [0.25, 0.3) is 0 Å². The highest BCUT2D eigenvalue weighted by Gasteiger charge is 2.23. The molecule has 16 heavy (non-hydrogen) atoms. The van der Waals surface area contributed by atoms with Crippen molar-refractivity contribution >= 4 is 17.9 Å². The highest BCUT2D eigenvalue weighted by molar-refractivity contribution is 5.87. The summed E-state index contributed by atoms with van der Waals surface area (Å²) in [5, 5.41) is 10.9. The highest BCUT2D eigenvalue weighted by Crippen LogP contribution is 1.94. The van der Waals surface area contributed by atoms with Gasteiger partial charge >= 0.3 is 12.0 Å². The maximum Gasteiger partial charge on any atom is 0.326 e. The van der Waals surface area contributed by atoms with Gasteiger partial charge in [0, 0.05) is 13.6 Å². The van der Waals surface area contributed by atoms with Gasteiger partial charge in [-0.2, -0.15) is 0 Å². The van der Waals surface area contributed by atoms with E-state index in [0.29, 0.717) is 0 Å². The number of rotatable bonds is 6.